The molecule has 0 bridgehead atoms. The third kappa shape index (κ3) is 3.66. The van der Waals surface area contributed by atoms with E-state index in [4.69, 9.17) is 0 Å². The summed E-state index contributed by atoms with van der Waals surface area (Å²) in [7, 11) is 0. The quantitative estimate of drug-likeness (QED) is 0.863. The number of rotatable bonds is 5. The fourth-order valence-electron chi connectivity index (χ4n) is 2.23. The summed E-state index contributed by atoms with van der Waals surface area (Å²) < 4.78 is 0. The topological polar surface area (TPSA) is 40.5 Å². The molecule has 0 radical (unpaired) electrons. The molecule has 0 saturated carbocycles. The summed E-state index contributed by atoms with van der Waals surface area (Å²) in [5.41, 5.74) is 3.16. The number of aryl methyl sites for hydroxylation is 1. The standard InChI is InChI=1S/C17H20O2/c1-13-7-9-15(10-8-13)17(19)16(12-18)11-14-5-3-2-4-6-14/h2-10,16-19H,11-12H2,1H3. The van der Waals surface area contributed by atoms with Crippen molar-refractivity contribution in [3.8, 4) is 0 Å². The van der Waals surface area contributed by atoms with Crippen LogP contribution in [0.5, 0.6) is 0 Å². The molecule has 0 aliphatic carbocycles. The third-order valence-corrected chi connectivity index (χ3v) is 3.44. The van der Waals surface area contributed by atoms with Crippen LogP contribution in [0.2, 0.25) is 0 Å². The molecule has 0 heterocycles. The Morgan fingerprint density at radius 1 is 0.947 bits per heavy atom. The predicted molar refractivity (Wildman–Crippen MR) is 76.9 cm³/mol. The largest absolute Gasteiger partial charge is 0.396 e. The number of aliphatic hydroxyl groups excluding tert-OH is 2. The summed E-state index contributed by atoms with van der Waals surface area (Å²) in [4.78, 5) is 0. The van der Waals surface area contributed by atoms with Crippen molar-refractivity contribution in [1.29, 1.82) is 0 Å². The summed E-state index contributed by atoms with van der Waals surface area (Å²) in [6.07, 6.45) is 0.0395. The summed E-state index contributed by atoms with van der Waals surface area (Å²) in [5, 5.41) is 19.9. The Labute approximate surface area is 114 Å². The number of hydrogen-bond donors (Lipinski definition) is 2. The van der Waals surface area contributed by atoms with Crippen LogP contribution in [-0.2, 0) is 6.42 Å². The number of hydrogen-bond acceptors (Lipinski definition) is 2. The fraction of sp³-hybridized carbons (Fsp3) is 0.294. The molecule has 2 aromatic rings. The first kappa shape index (κ1) is 13.8. The Balaban J connectivity index is 2.11. The van der Waals surface area contributed by atoms with Crippen LogP contribution in [0.4, 0.5) is 0 Å². The van der Waals surface area contributed by atoms with E-state index >= 15 is 0 Å². The van der Waals surface area contributed by atoms with E-state index in [2.05, 4.69) is 0 Å². The van der Waals surface area contributed by atoms with Gasteiger partial charge in [0, 0.05) is 12.5 Å². The van der Waals surface area contributed by atoms with Crippen LogP contribution in [0.1, 0.15) is 22.8 Å². The van der Waals surface area contributed by atoms with Crippen LogP contribution < -0.4 is 0 Å². The second-order valence-electron chi connectivity index (χ2n) is 4.99. The van der Waals surface area contributed by atoms with Crippen LogP contribution in [-0.4, -0.2) is 16.8 Å². The molecule has 2 atom stereocenters. The van der Waals surface area contributed by atoms with E-state index < -0.39 is 6.10 Å². The molecule has 2 aromatic carbocycles. The SMILES string of the molecule is Cc1ccc(C(O)C(CO)Cc2ccccc2)cc1. The summed E-state index contributed by atoms with van der Waals surface area (Å²) >= 11 is 0. The highest BCUT2D eigenvalue weighted by atomic mass is 16.3. The lowest BCUT2D eigenvalue weighted by atomic mass is 9.90. The maximum absolute atomic E-state index is 10.4. The molecule has 0 fully saturated rings. The van der Waals surface area contributed by atoms with E-state index in [-0.39, 0.29) is 12.5 Å². The van der Waals surface area contributed by atoms with E-state index in [9.17, 15) is 10.2 Å². The second-order valence-corrected chi connectivity index (χ2v) is 4.99. The molecule has 100 valence electrons. The lowest BCUT2D eigenvalue weighted by Gasteiger charge is -2.21. The molecule has 0 amide bonds. The molecule has 0 aromatic heterocycles. The van der Waals surface area contributed by atoms with Gasteiger partial charge in [0.2, 0.25) is 0 Å². The van der Waals surface area contributed by atoms with Crippen molar-refractivity contribution in [1.82, 2.24) is 0 Å². The van der Waals surface area contributed by atoms with Gasteiger partial charge in [0.1, 0.15) is 0 Å². The maximum Gasteiger partial charge on any atom is 0.0843 e. The first-order valence-corrected chi connectivity index (χ1v) is 6.60. The highest BCUT2D eigenvalue weighted by Crippen LogP contribution is 2.25. The normalized spacial score (nSPS) is 14.1. The predicted octanol–water partition coefficient (Wildman–Crippen LogP) is 2.88. The van der Waals surface area contributed by atoms with Gasteiger partial charge in [0.25, 0.3) is 0 Å². The van der Waals surface area contributed by atoms with Crippen molar-refractivity contribution < 1.29 is 10.2 Å². The molecule has 0 aliphatic rings. The Morgan fingerprint density at radius 2 is 1.58 bits per heavy atom. The number of aliphatic hydroxyl groups is 2. The molecule has 0 spiro atoms. The number of benzene rings is 2. The van der Waals surface area contributed by atoms with Crippen LogP contribution in [0, 0.1) is 12.8 Å². The van der Waals surface area contributed by atoms with E-state index in [1.807, 2.05) is 61.5 Å². The van der Waals surface area contributed by atoms with Gasteiger partial charge in [-0.2, -0.15) is 0 Å². The van der Waals surface area contributed by atoms with Crippen LogP contribution in [0.15, 0.2) is 54.6 Å². The Hall–Kier alpha value is -1.64. The summed E-state index contributed by atoms with van der Waals surface area (Å²) in [6.45, 7) is 1.99. The average molecular weight is 256 g/mol. The smallest absolute Gasteiger partial charge is 0.0843 e. The van der Waals surface area contributed by atoms with Crippen LogP contribution >= 0.6 is 0 Å². The molecule has 2 heteroatoms. The molecule has 0 aliphatic heterocycles. The van der Waals surface area contributed by atoms with Crippen molar-refractivity contribution in [2.45, 2.75) is 19.4 Å². The average Bonchev–Trinajstić information content (AvgIpc) is 2.46. The summed E-state index contributed by atoms with van der Waals surface area (Å²) in [5.74, 6) is -0.176. The van der Waals surface area contributed by atoms with E-state index in [1.54, 1.807) is 0 Å². The molecule has 0 saturated heterocycles. The Kier molecular flexibility index (Phi) is 4.72. The zero-order valence-corrected chi connectivity index (χ0v) is 11.2. The van der Waals surface area contributed by atoms with Gasteiger partial charge in [-0.05, 0) is 24.5 Å². The van der Waals surface area contributed by atoms with Crippen molar-refractivity contribution >= 4 is 0 Å². The molecule has 19 heavy (non-hydrogen) atoms. The lowest BCUT2D eigenvalue weighted by molar-refractivity contribution is 0.0669. The first-order valence-electron chi connectivity index (χ1n) is 6.60. The molecule has 2 N–H and O–H groups in total. The lowest BCUT2D eigenvalue weighted by Crippen LogP contribution is -2.19. The fourth-order valence-corrected chi connectivity index (χ4v) is 2.23. The molecule has 2 nitrogen and oxygen atoms in total. The molecule has 2 rings (SSSR count). The van der Waals surface area contributed by atoms with Crippen molar-refractivity contribution in [2.24, 2.45) is 5.92 Å². The van der Waals surface area contributed by atoms with Crippen molar-refractivity contribution in [2.75, 3.05) is 6.61 Å². The molecular formula is C17H20O2. The second kappa shape index (κ2) is 6.50. The monoisotopic (exact) mass is 256 g/mol. The zero-order chi connectivity index (χ0) is 13.7. The van der Waals surface area contributed by atoms with Gasteiger partial charge in [0.15, 0.2) is 0 Å². The molecular weight excluding hydrogens is 236 g/mol. The Bertz CT molecular complexity index is 490. The van der Waals surface area contributed by atoms with Gasteiger partial charge in [-0.15, -0.1) is 0 Å². The first-order chi connectivity index (χ1) is 9.20. The van der Waals surface area contributed by atoms with Crippen LogP contribution in [0.3, 0.4) is 0 Å². The van der Waals surface area contributed by atoms with Crippen LogP contribution in [0.25, 0.3) is 0 Å². The minimum Gasteiger partial charge on any atom is -0.396 e. The minimum absolute atomic E-state index is 0.0239. The van der Waals surface area contributed by atoms with E-state index in [0.29, 0.717) is 6.42 Å². The third-order valence-electron chi connectivity index (χ3n) is 3.44. The van der Waals surface area contributed by atoms with E-state index in [0.717, 1.165) is 11.1 Å². The van der Waals surface area contributed by atoms with Crippen molar-refractivity contribution in [3.63, 3.8) is 0 Å². The van der Waals surface area contributed by atoms with Gasteiger partial charge in [-0.3, -0.25) is 0 Å². The zero-order valence-electron chi connectivity index (χ0n) is 11.2. The highest BCUT2D eigenvalue weighted by molar-refractivity contribution is 5.24. The molecule has 2 unspecified atom stereocenters. The maximum atomic E-state index is 10.4. The van der Waals surface area contributed by atoms with Crippen molar-refractivity contribution in [3.05, 3.63) is 71.3 Å². The Morgan fingerprint density at radius 3 is 2.16 bits per heavy atom. The summed E-state index contributed by atoms with van der Waals surface area (Å²) in [6, 6.07) is 17.8. The van der Waals surface area contributed by atoms with Gasteiger partial charge in [-0.25, -0.2) is 0 Å². The highest BCUT2D eigenvalue weighted by Gasteiger charge is 2.20. The van der Waals surface area contributed by atoms with E-state index in [1.165, 1.54) is 5.56 Å². The van der Waals surface area contributed by atoms with Gasteiger partial charge in [0.05, 0.1) is 6.10 Å². The van der Waals surface area contributed by atoms with Gasteiger partial charge < -0.3 is 10.2 Å². The van der Waals surface area contributed by atoms with Gasteiger partial charge in [-0.1, -0.05) is 60.2 Å². The minimum atomic E-state index is -0.634. The van der Waals surface area contributed by atoms with Gasteiger partial charge >= 0.3 is 0 Å².